The molecule has 32 heavy (non-hydrogen) atoms. The van der Waals surface area contributed by atoms with Gasteiger partial charge >= 0.3 is 0 Å². The van der Waals surface area contributed by atoms with Gasteiger partial charge in [-0.15, -0.1) is 0 Å². The number of hydrogen-bond donors (Lipinski definition) is 1. The Morgan fingerprint density at radius 2 is 1.72 bits per heavy atom. The molecule has 1 N–H and O–H groups in total. The van der Waals surface area contributed by atoms with Crippen LogP contribution >= 0.6 is 34.8 Å². The number of ether oxygens (including phenoxy) is 1. The molecule has 1 amide bonds. The van der Waals surface area contributed by atoms with Crippen molar-refractivity contribution in [3.63, 3.8) is 0 Å². The van der Waals surface area contributed by atoms with Crippen LogP contribution in [0.25, 0.3) is 11.1 Å². The lowest BCUT2D eigenvalue weighted by Crippen LogP contribution is -2.30. The van der Waals surface area contributed by atoms with Gasteiger partial charge in [0.2, 0.25) is 15.9 Å². The molecule has 0 saturated carbocycles. The van der Waals surface area contributed by atoms with Gasteiger partial charge in [0.05, 0.1) is 16.8 Å². The summed E-state index contributed by atoms with van der Waals surface area (Å²) in [7, 11) is -3.83. The topological polar surface area (TPSA) is 85.4 Å². The number of carbonyl (C=O) groups excluding carboxylic acids is 1. The molecule has 6 nitrogen and oxygen atoms in total. The van der Waals surface area contributed by atoms with E-state index in [4.69, 9.17) is 39.5 Å². The van der Waals surface area contributed by atoms with Crippen LogP contribution in [0.3, 0.4) is 0 Å². The number of aromatic nitrogens is 1. The highest BCUT2D eigenvalue weighted by Crippen LogP contribution is 2.38. The molecule has 3 aromatic rings. The molecule has 2 aromatic carbocycles. The largest absolute Gasteiger partial charge is 0.436 e. The number of nitrogens with one attached hydrogen (secondary N) is 1. The fourth-order valence-electron chi connectivity index (χ4n) is 2.95. The van der Waals surface area contributed by atoms with Crippen molar-refractivity contribution in [3.05, 3.63) is 74.1 Å². The third-order valence-electron chi connectivity index (χ3n) is 4.35. The average molecular weight is 518 g/mol. The summed E-state index contributed by atoms with van der Waals surface area (Å²) in [5.74, 6) is -1.52. The van der Waals surface area contributed by atoms with Gasteiger partial charge in [0.1, 0.15) is 10.8 Å². The van der Waals surface area contributed by atoms with E-state index in [1.54, 1.807) is 24.6 Å². The van der Waals surface area contributed by atoms with Gasteiger partial charge in [-0.2, -0.15) is 0 Å². The van der Waals surface area contributed by atoms with Crippen molar-refractivity contribution < 1.29 is 22.3 Å². The minimum absolute atomic E-state index is 0.0880. The fourth-order valence-corrected chi connectivity index (χ4v) is 4.24. The summed E-state index contributed by atoms with van der Waals surface area (Å²) in [6.07, 6.45) is 2.23. The lowest BCUT2D eigenvalue weighted by Gasteiger charge is -2.13. The normalized spacial score (nSPS) is 11.3. The van der Waals surface area contributed by atoms with Crippen LogP contribution in [0.5, 0.6) is 11.6 Å². The lowest BCUT2D eigenvalue weighted by molar-refractivity contribution is 0.0977. The Balaban J connectivity index is 1.94. The van der Waals surface area contributed by atoms with Crippen LogP contribution in [-0.2, 0) is 10.0 Å². The van der Waals surface area contributed by atoms with Crippen molar-refractivity contribution in [1.82, 2.24) is 9.71 Å². The Morgan fingerprint density at radius 3 is 2.31 bits per heavy atom. The van der Waals surface area contributed by atoms with Gasteiger partial charge in [-0.05, 0) is 60.9 Å². The average Bonchev–Trinajstić information content (AvgIpc) is 2.65. The number of carbonyl (C=O) groups is 1. The third-order valence-corrected chi connectivity index (χ3v) is 5.67. The smallest absolute Gasteiger partial charge is 0.267 e. The Morgan fingerprint density at radius 1 is 1.03 bits per heavy atom. The first-order valence-electron chi connectivity index (χ1n) is 8.97. The number of benzene rings is 2. The number of rotatable bonds is 5. The summed E-state index contributed by atoms with van der Waals surface area (Å²) in [6, 6.07) is 7.10. The molecule has 0 atom stereocenters. The summed E-state index contributed by atoms with van der Waals surface area (Å²) in [5, 5.41) is 0.893. The minimum atomic E-state index is -3.83. The number of pyridine rings is 1. The number of hydrogen-bond acceptors (Lipinski definition) is 5. The molecule has 0 spiro atoms. The van der Waals surface area contributed by atoms with Crippen LogP contribution in [0, 0.1) is 19.7 Å². The van der Waals surface area contributed by atoms with Crippen molar-refractivity contribution in [3.8, 4) is 22.8 Å². The third kappa shape index (κ3) is 5.50. The van der Waals surface area contributed by atoms with Gasteiger partial charge in [-0.1, -0.05) is 34.8 Å². The maximum absolute atomic E-state index is 14.6. The fraction of sp³-hybridized carbons (Fsp3) is 0.143. The molecule has 0 fully saturated rings. The number of halogens is 4. The first-order valence-corrected chi connectivity index (χ1v) is 12.0. The van der Waals surface area contributed by atoms with Crippen LogP contribution in [0.15, 0.2) is 36.5 Å². The van der Waals surface area contributed by atoms with Crippen LogP contribution in [0.4, 0.5) is 4.39 Å². The van der Waals surface area contributed by atoms with E-state index in [2.05, 4.69) is 4.98 Å². The van der Waals surface area contributed by atoms with Crippen LogP contribution < -0.4 is 9.46 Å². The second-order valence-corrected chi connectivity index (χ2v) is 10.00. The Hall–Kier alpha value is -2.39. The van der Waals surface area contributed by atoms with E-state index in [1.807, 2.05) is 0 Å². The summed E-state index contributed by atoms with van der Waals surface area (Å²) >= 11 is 18.5. The molecule has 0 aliphatic rings. The first kappa shape index (κ1) is 24.3. The van der Waals surface area contributed by atoms with Crippen molar-refractivity contribution >= 4 is 50.7 Å². The van der Waals surface area contributed by atoms with Crippen LogP contribution in [0.2, 0.25) is 15.1 Å². The monoisotopic (exact) mass is 516 g/mol. The highest BCUT2D eigenvalue weighted by molar-refractivity contribution is 7.89. The molecule has 0 aliphatic carbocycles. The summed E-state index contributed by atoms with van der Waals surface area (Å²) in [4.78, 5) is 16.2. The molecule has 168 valence electrons. The Bertz CT molecular complexity index is 1320. The molecule has 1 aromatic heterocycles. The molecule has 0 unspecified atom stereocenters. The second kappa shape index (κ2) is 9.23. The predicted molar refractivity (Wildman–Crippen MR) is 123 cm³/mol. The zero-order chi connectivity index (χ0) is 23.8. The summed E-state index contributed by atoms with van der Waals surface area (Å²) < 4.78 is 44.6. The molecule has 0 radical (unpaired) electrons. The second-order valence-electron chi connectivity index (χ2n) is 7.00. The highest BCUT2D eigenvalue weighted by atomic mass is 35.5. The van der Waals surface area contributed by atoms with Gasteiger partial charge in [-0.3, -0.25) is 4.79 Å². The quantitative estimate of drug-likeness (QED) is 0.452. The zero-order valence-electron chi connectivity index (χ0n) is 17.0. The highest BCUT2D eigenvalue weighted by Gasteiger charge is 2.19. The van der Waals surface area contributed by atoms with Crippen LogP contribution in [0.1, 0.15) is 21.5 Å². The van der Waals surface area contributed by atoms with E-state index in [-0.39, 0.29) is 15.9 Å². The number of sulfonamides is 1. The predicted octanol–water partition coefficient (Wildman–Crippen LogP) is 5.95. The van der Waals surface area contributed by atoms with Crippen molar-refractivity contribution in [2.75, 3.05) is 6.26 Å². The molecular formula is C21H16Cl3FN2O4S. The lowest BCUT2D eigenvalue weighted by atomic mass is 9.99. The van der Waals surface area contributed by atoms with Crippen molar-refractivity contribution in [2.45, 2.75) is 13.8 Å². The number of amides is 1. The first-order chi connectivity index (χ1) is 14.9. The van der Waals surface area contributed by atoms with Gasteiger partial charge in [0.25, 0.3) is 5.91 Å². The summed E-state index contributed by atoms with van der Waals surface area (Å²) in [5.41, 5.74) is 1.68. The molecule has 3 rings (SSSR count). The van der Waals surface area contributed by atoms with E-state index in [0.717, 1.165) is 12.3 Å². The van der Waals surface area contributed by atoms with E-state index >= 15 is 0 Å². The molecule has 1 heterocycles. The SMILES string of the molecule is Cc1cc(C(=O)NS(C)(=O)=O)c(F)cc1-c1cnc(Oc2c(C)cc(Cl)cc2Cl)c(Cl)c1. The van der Waals surface area contributed by atoms with E-state index in [9.17, 15) is 17.6 Å². The summed E-state index contributed by atoms with van der Waals surface area (Å²) in [6.45, 7) is 3.41. The van der Waals surface area contributed by atoms with Crippen LogP contribution in [-0.4, -0.2) is 25.6 Å². The van der Waals surface area contributed by atoms with Gasteiger partial charge < -0.3 is 4.74 Å². The van der Waals surface area contributed by atoms with E-state index in [1.165, 1.54) is 24.4 Å². The van der Waals surface area contributed by atoms with Gasteiger partial charge in [0, 0.05) is 16.8 Å². The van der Waals surface area contributed by atoms with Gasteiger partial charge in [-0.25, -0.2) is 22.5 Å². The molecular weight excluding hydrogens is 502 g/mol. The standard InChI is InChI=1S/C21H16Cl3FN2O4S/c1-10-5-15(20(28)27-32(3,29)30)18(25)8-14(10)12-6-17(24)21(26-9-12)31-19-11(2)4-13(22)7-16(19)23/h4-9H,1-3H3,(H,27,28). The Kier molecular flexibility index (Phi) is 7.00. The number of nitrogens with zero attached hydrogens (tertiary/aromatic N) is 1. The molecule has 0 aliphatic heterocycles. The zero-order valence-corrected chi connectivity index (χ0v) is 20.0. The Labute approximate surface area is 199 Å². The van der Waals surface area contributed by atoms with E-state index < -0.39 is 27.3 Å². The molecule has 0 saturated heterocycles. The van der Waals surface area contributed by atoms with Gasteiger partial charge in [0.15, 0.2) is 5.75 Å². The maximum atomic E-state index is 14.6. The van der Waals surface area contributed by atoms with E-state index in [0.29, 0.717) is 33.0 Å². The van der Waals surface area contributed by atoms with Crippen molar-refractivity contribution in [2.24, 2.45) is 0 Å². The minimum Gasteiger partial charge on any atom is -0.436 e. The molecule has 0 bridgehead atoms. The molecule has 11 heteroatoms. The number of aryl methyl sites for hydroxylation is 2. The van der Waals surface area contributed by atoms with Crippen molar-refractivity contribution in [1.29, 1.82) is 0 Å². The maximum Gasteiger partial charge on any atom is 0.267 e.